The van der Waals surface area contributed by atoms with Crippen LogP contribution < -0.4 is 4.90 Å². The first kappa shape index (κ1) is 32.0. The van der Waals surface area contributed by atoms with E-state index >= 15 is 0 Å². The van der Waals surface area contributed by atoms with Crippen molar-refractivity contribution >= 4 is 70.1 Å². The molecule has 0 aliphatic heterocycles. The molecule has 0 N–H and O–H groups in total. The number of rotatable bonds is 5. The highest BCUT2D eigenvalue weighted by molar-refractivity contribution is 7.25. The van der Waals surface area contributed by atoms with Crippen LogP contribution in [0.25, 0.3) is 75.1 Å². The van der Waals surface area contributed by atoms with Crippen molar-refractivity contribution in [1.29, 1.82) is 0 Å². The highest BCUT2D eigenvalue weighted by Gasteiger charge is 2.35. The average Bonchev–Trinajstić information content (AvgIpc) is 3.70. The van der Waals surface area contributed by atoms with Crippen LogP contribution in [0.5, 0.6) is 0 Å². The van der Waals surface area contributed by atoms with Crippen LogP contribution in [0.4, 0.5) is 17.1 Å². The number of benzene rings is 9. The molecule has 0 radical (unpaired) electrons. The number of hydrogen-bond acceptors (Lipinski definition) is 2. The van der Waals surface area contributed by atoms with Gasteiger partial charge in [-0.3, -0.25) is 0 Å². The lowest BCUT2D eigenvalue weighted by molar-refractivity contribution is 0.660. The Kier molecular flexibility index (Phi) is 7.14. The summed E-state index contributed by atoms with van der Waals surface area (Å²) >= 11 is 1.88. The van der Waals surface area contributed by atoms with Crippen LogP contribution in [0.3, 0.4) is 0 Å². The van der Waals surface area contributed by atoms with E-state index in [-0.39, 0.29) is 5.41 Å². The van der Waals surface area contributed by atoms with Gasteiger partial charge in [0.25, 0.3) is 0 Å². The summed E-state index contributed by atoms with van der Waals surface area (Å²) in [5.41, 5.74) is 13.6. The molecule has 55 heavy (non-hydrogen) atoms. The molecule has 1 heterocycles. The predicted octanol–water partition coefficient (Wildman–Crippen LogP) is 15.5. The molecule has 0 saturated carbocycles. The van der Waals surface area contributed by atoms with Crippen molar-refractivity contribution < 1.29 is 0 Å². The molecule has 0 spiro atoms. The van der Waals surface area contributed by atoms with Gasteiger partial charge in [0.05, 0.1) is 0 Å². The van der Waals surface area contributed by atoms with Gasteiger partial charge in [-0.1, -0.05) is 141 Å². The highest BCUT2D eigenvalue weighted by atomic mass is 32.1. The zero-order valence-electron chi connectivity index (χ0n) is 30.8. The maximum atomic E-state index is 2.42. The quantitative estimate of drug-likeness (QED) is 0.171. The van der Waals surface area contributed by atoms with Gasteiger partial charge in [0.15, 0.2) is 0 Å². The Morgan fingerprint density at radius 3 is 1.96 bits per heavy atom. The summed E-state index contributed by atoms with van der Waals surface area (Å²) in [6.45, 7) is 4.69. The average molecular weight is 720 g/mol. The monoisotopic (exact) mass is 719 g/mol. The zero-order valence-corrected chi connectivity index (χ0v) is 31.6. The molecule has 0 fully saturated rings. The molecule has 1 aliphatic carbocycles. The number of hydrogen-bond donors (Lipinski definition) is 0. The van der Waals surface area contributed by atoms with E-state index in [1.807, 2.05) is 11.3 Å². The fraction of sp³-hybridized carbons (Fsp3) is 0.0566. The van der Waals surface area contributed by atoms with E-state index in [9.17, 15) is 0 Å². The van der Waals surface area contributed by atoms with Crippen LogP contribution in [0.15, 0.2) is 188 Å². The molecule has 0 saturated heterocycles. The van der Waals surface area contributed by atoms with Gasteiger partial charge in [-0.05, 0) is 127 Å². The van der Waals surface area contributed by atoms with E-state index in [0.29, 0.717) is 0 Å². The van der Waals surface area contributed by atoms with Crippen LogP contribution in [0.2, 0.25) is 0 Å². The third-order valence-electron chi connectivity index (χ3n) is 11.8. The van der Waals surface area contributed by atoms with Gasteiger partial charge in [0, 0.05) is 42.6 Å². The van der Waals surface area contributed by atoms with Crippen LogP contribution >= 0.6 is 11.3 Å². The molecular weight excluding hydrogens is 683 g/mol. The lowest BCUT2D eigenvalue weighted by Crippen LogP contribution is -2.15. The number of thiophene rings is 1. The molecule has 1 nitrogen and oxygen atoms in total. The number of fused-ring (bicyclic) bond motifs is 8. The van der Waals surface area contributed by atoms with Crippen LogP contribution in [-0.4, -0.2) is 0 Å². The van der Waals surface area contributed by atoms with E-state index in [1.165, 1.54) is 86.2 Å². The first-order chi connectivity index (χ1) is 27.0. The van der Waals surface area contributed by atoms with Crippen molar-refractivity contribution in [2.45, 2.75) is 19.3 Å². The minimum Gasteiger partial charge on any atom is -0.310 e. The lowest BCUT2D eigenvalue weighted by atomic mass is 9.82. The smallest absolute Gasteiger partial charge is 0.0468 e. The van der Waals surface area contributed by atoms with Gasteiger partial charge in [0.1, 0.15) is 0 Å². The molecule has 9 aromatic carbocycles. The molecule has 0 amide bonds. The summed E-state index contributed by atoms with van der Waals surface area (Å²) in [5, 5.41) is 7.73. The second-order valence-electron chi connectivity index (χ2n) is 15.4. The van der Waals surface area contributed by atoms with E-state index in [1.54, 1.807) is 0 Å². The largest absolute Gasteiger partial charge is 0.310 e. The molecule has 1 aromatic heterocycles. The van der Waals surface area contributed by atoms with Crippen LogP contribution in [0, 0.1) is 0 Å². The first-order valence-corrected chi connectivity index (χ1v) is 19.9. The fourth-order valence-corrected chi connectivity index (χ4v) is 10.2. The van der Waals surface area contributed by atoms with E-state index in [4.69, 9.17) is 0 Å². The van der Waals surface area contributed by atoms with Crippen molar-refractivity contribution in [3.8, 4) is 33.4 Å². The SMILES string of the molecule is CC1(C)c2ccccc2-c2cc(N(c3ccc(-c4ccc5cc6sc7ccccc7c6cc5c4)cc3)c3cccc(-c4cccc5ccccc45)c3)ccc21. The van der Waals surface area contributed by atoms with Crippen molar-refractivity contribution in [2.75, 3.05) is 4.90 Å². The summed E-state index contributed by atoms with van der Waals surface area (Å²) in [5.74, 6) is 0. The molecule has 10 aromatic rings. The van der Waals surface area contributed by atoms with Gasteiger partial charge >= 0.3 is 0 Å². The van der Waals surface area contributed by atoms with Gasteiger partial charge < -0.3 is 4.90 Å². The molecule has 0 atom stereocenters. The summed E-state index contributed by atoms with van der Waals surface area (Å²) in [4.78, 5) is 2.42. The number of anilines is 3. The Balaban J connectivity index is 1.04. The number of nitrogens with zero attached hydrogens (tertiary/aromatic N) is 1. The fourth-order valence-electron chi connectivity index (χ4n) is 9.03. The lowest BCUT2D eigenvalue weighted by Gasteiger charge is -2.28. The van der Waals surface area contributed by atoms with Gasteiger partial charge in [-0.2, -0.15) is 0 Å². The van der Waals surface area contributed by atoms with E-state index in [0.717, 1.165) is 17.1 Å². The third kappa shape index (κ3) is 5.13. The van der Waals surface area contributed by atoms with Crippen LogP contribution in [0.1, 0.15) is 25.0 Å². The molecule has 260 valence electrons. The van der Waals surface area contributed by atoms with E-state index < -0.39 is 0 Å². The second-order valence-corrected chi connectivity index (χ2v) is 16.5. The Bertz CT molecular complexity index is 3120. The Labute approximate surface area is 325 Å². The minimum atomic E-state index is -0.0482. The van der Waals surface area contributed by atoms with Crippen molar-refractivity contribution in [3.05, 3.63) is 199 Å². The first-order valence-electron chi connectivity index (χ1n) is 19.1. The highest BCUT2D eigenvalue weighted by Crippen LogP contribution is 2.51. The second kappa shape index (κ2) is 12.3. The Morgan fingerprint density at radius 2 is 1.05 bits per heavy atom. The summed E-state index contributed by atoms with van der Waals surface area (Å²) < 4.78 is 2.68. The van der Waals surface area contributed by atoms with Crippen molar-refractivity contribution in [2.24, 2.45) is 0 Å². The topological polar surface area (TPSA) is 3.24 Å². The third-order valence-corrected chi connectivity index (χ3v) is 13.0. The maximum Gasteiger partial charge on any atom is 0.0468 e. The normalized spacial score (nSPS) is 13.1. The molecule has 11 rings (SSSR count). The van der Waals surface area contributed by atoms with Gasteiger partial charge in [-0.25, -0.2) is 0 Å². The molecule has 0 unspecified atom stereocenters. The van der Waals surface area contributed by atoms with Crippen molar-refractivity contribution in [1.82, 2.24) is 0 Å². The van der Waals surface area contributed by atoms with E-state index in [2.05, 4.69) is 207 Å². The molecule has 2 heteroatoms. The Morgan fingerprint density at radius 1 is 0.364 bits per heavy atom. The van der Waals surface area contributed by atoms with Crippen molar-refractivity contribution in [3.63, 3.8) is 0 Å². The predicted molar refractivity (Wildman–Crippen MR) is 237 cm³/mol. The Hall–Kier alpha value is -6.48. The zero-order chi connectivity index (χ0) is 36.7. The van der Waals surface area contributed by atoms with Crippen LogP contribution in [-0.2, 0) is 5.41 Å². The van der Waals surface area contributed by atoms with Gasteiger partial charge in [0.2, 0.25) is 0 Å². The minimum absolute atomic E-state index is 0.0482. The summed E-state index contributed by atoms with van der Waals surface area (Å²) in [6, 6.07) is 69.7. The molecule has 0 bridgehead atoms. The standard InChI is InChI=1S/C53H37NS/c1-53(2)49-19-7-5-16-45(49)47-33-42(27-28-50(47)53)54(41-14-9-13-38(30-41)44-18-10-12-35-11-3-4-15-43(35)44)40-25-23-34(24-26-40)36-21-22-37-32-52-48(31-39(37)29-36)46-17-6-8-20-51(46)55-52/h3-33H,1-2H3. The molecule has 1 aliphatic rings. The van der Waals surface area contributed by atoms with Gasteiger partial charge in [-0.15, -0.1) is 11.3 Å². The summed E-state index contributed by atoms with van der Waals surface area (Å²) in [7, 11) is 0. The summed E-state index contributed by atoms with van der Waals surface area (Å²) in [6.07, 6.45) is 0. The maximum absolute atomic E-state index is 2.42. The molecular formula is C53H37NS.